The van der Waals surface area contributed by atoms with Crippen LogP contribution in [0.5, 0.6) is 0 Å². The van der Waals surface area contributed by atoms with Gasteiger partial charge in [-0.2, -0.15) is 0 Å². The highest BCUT2D eigenvalue weighted by Crippen LogP contribution is 2.51. The van der Waals surface area contributed by atoms with Gasteiger partial charge < -0.3 is 4.74 Å². The summed E-state index contributed by atoms with van der Waals surface area (Å²) >= 11 is 0. The van der Waals surface area contributed by atoms with Crippen LogP contribution in [-0.2, 0) is 15.1 Å². The third-order valence-electron chi connectivity index (χ3n) is 4.97. The van der Waals surface area contributed by atoms with E-state index in [0.717, 1.165) is 5.56 Å². The van der Waals surface area contributed by atoms with Gasteiger partial charge in [0, 0.05) is 24.6 Å². The van der Waals surface area contributed by atoms with Gasteiger partial charge in [0.05, 0.1) is 5.69 Å². The molecule has 2 aromatic carbocycles. The number of Topliss-reactive ketones (excluding diaryl/α,β-unsaturated/α-hetero) is 1. The number of para-hydroxylation sites is 1. The largest absolute Gasteiger partial charge is 0.310 e. The normalized spacial score (nSPS) is 30.2. The zero-order valence-electron chi connectivity index (χ0n) is 12.8. The molecule has 3 aliphatic heterocycles. The number of amides is 1. The van der Waals surface area contributed by atoms with Gasteiger partial charge >= 0.3 is 0 Å². The van der Waals surface area contributed by atoms with Crippen molar-refractivity contribution in [2.75, 3.05) is 4.90 Å². The van der Waals surface area contributed by atoms with E-state index in [1.165, 1.54) is 0 Å². The number of hydrogen-bond donors (Lipinski definition) is 0. The SMILES string of the molecule is O=C1CC[C@]23N=C[C@](c4ccccc4)(O2)C(=O)c2ccccc2N13. The zero-order valence-corrected chi connectivity index (χ0v) is 12.8. The average Bonchev–Trinajstić information content (AvgIpc) is 3.14. The molecular weight excluding hydrogens is 304 g/mol. The number of carbonyl (C=O) groups excluding carboxylic acids is 2. The molecule has 5 heteroatoms. The molecule has 5 nitrogen and oxygen atoms in total. The molecule has 0 aromatic heterocycles. The molecular formula is C19H14N2O3. The van der Waals surface area contributed by atoms with Crippen LogP contribution in [0.1, 0.15) is 28.8 Å². The van der Waals surface area contributed by atoms with Gasteiger partial charge in [0.25, 0.3) is 0 Å². The number of ketones is 1. The van der Waals surface area contributed by atoms with Gasteiger partial charge in [-0.25, -0.2) is 4.99 Å². The summed E-state index contributed by atoms with van der Waals surface area (Å²) < 4.78 is 6.31. The van der Waals surface area contributed by atoms with E-state index in [2.05, 4.69) is 4.99 Å². The van der Waals surface area contributed by atoms with E-state index in [4.69, 9.17) is 4.74 Å². The fourth-order valence-corrected chi connectivity index (χ4v) is 3.85. The Hall–Kier alpha value is -2.79. The summed E-state index contributed by atoms with van der Waals surface area (Å²) in [6.45, 7) is 0. The smallest absolute Gasteiger partial charge is 0.247 e. The van der Waals surface area contributed by atoms with Crippen LogP contribution in [0.25, 0.3) is 0 Å². The maximum atomic E-state index is 13.4. The summed E-state index contributed by atoms with van der Waals surface area (Å²) in [5.41, 5.74) is 0.521. The molecule has 0 aliphatic carbocycles. The Kier molecular flexibility index (Phi) is 2.49. The summed E-state index contributed by atoms with van der Waals surface area (Å²) in [4.78, 5) is 32.0. The molecule has 118 valence electrons. The monoisotopic (exact) mass is 318 g/mol. The minimum Gasteiger partial charge on any atom is -0.310 e. The van der Waals surface area contributed by atoms with Crippen molar-refractivity contribution in [2.45, 2.75) is 24.3 Å². The van der Waals surface area contributed by atoms with Gasteiger partial charge in [-0.3, -0.25) is 14.5 Å². The second-order valence-corrected chi connectivity index (χ2v) is 6.28. The van der Waals surface area contributed by atoms with Crippen molar-refractivity contribution in [1.29, 1.82) is 0 Å². The first-order valence-electron chi connectivity index (χ1n) is 7.95. The number of fused-ring (bicyclic) bond motifs is 3. The number of ether oxygens (including phenoxy) is 1. The molecule has 2 aromatic rings. The molecule has 1 amide bonds. The fraction of sp³-hybridized carbons (Fsp3) is 0.211. The van der Waals surface area contributed by atoms with Crippen molar-refractivity contribution in [1.82, 2.24) is 0 Å². The first-order valence-corrected chi connectivity index (χ1v) is 7.95. The van der Waals surface area contributed by atoms with E-state index in [-0.39, 0.29) is 11.7 Å². The molecule has 2 atom stereocenters. The minimum atomic E-state index is -1.28. The molecule has 1 saturated heterocycles. The molecule has 1 fully saturated rings. The van der Waals surface area contributed by atoms with Crippen molar-refractivity contribution >= 4 is 23.6 Å². The van der Waals surface area contributed by atoms with Crippen LogP contribution in [-0.4, -0.2) is 23.8 Å². The number of hydrogen-bond acceptors (Lipinski definition) is 4. The quantitative estimate of drug-likeness (QED) is 0.812. The van der Waals surface area contributed by atoms with Crippen LogP contribution < -0.4 is 4.90 Å². The third kappa shape index (κ3) is 1.50. The molecule has 24 heavy (non-hydrogen) atoms. The van der Waals surface area contributed by atoms with E-state index in [1.807, 2.05) is 36.4 Å². The lowest BCUT2D eigenvalue weighted by molar-refractivity contribution is -0.120. The number of nitrogens with zero attached hydrogens (tertiary/aromatic N) is 2. The summed E-state index contributed by atoms with van der Waals surface area (Å²) in [7, 11) is 0. The van der Waals surface area contributed by atoms with Crippen LogP contribution in [0.2, 0.25) is 0 Å². The van der Waals surface area contributed by atoms with E-state index >= 15 is 0 Å². The Morgan fingerprint density at radius 3 is 2.58 bits per heavy atom. The van der Waals surface area contributed by atoms with E-state index in [1.54, 1.807) is 29.3 Å². The van der Waals surface area contributed by atoms with Crippen molar-refractivity contribution in [3.8, 4) is 0 Å². The lowest BCUT2D eigenvalue weighted by Crippen LogP contribution is -2.47. The third-order valence-corrected chi connectivity index (χ3v) is 4.97. The predicted octanol–water partition coefficient (Wildman–Crippen LogP) is 2.66. The van der Waals surface area contributed by atoms with Crippen LogP contribution >= 0.6 is 0 Å². The minimum absolute atomic E-state index is 0.0711. The molecule has 0 radical (unpaired) electrons. The van der Waals surface area contributed by atoms with Crippen LogP contribution in [0.4, 0.5) is 5.69 Å². The highest BCUT2D eigenvalue weighted by atomic mass is 16.6. The van der Waals surface area contributed by atoms with Crippen molar-refractivity contribution in [2.24, 2.45) is 4.99 Å². The zero-order chi connectivity index (χ0) is 16.4. The van der Waals surface area contributed by atoms with Gasteiger partial charge in [0.15, 0.2) is 5.60 Å². The summed E-state index contributed by atoms with van der Waals surface area (Å²) in [6, 6.07) is 16.5. The average molecular weight is 318 g/mol. The van der Waals surface area contributed by atoms with Gasteiger partial charge in [-0.15, -0.1) is 0 Å². The Balaban J connectivity index is 1.82. The highest BCUT2D eigenvalue weighted by Gasteiger charge is 2.62. The van der Waals surface area contributed by atoms with Crippen LogP contribution in [0.15, 0.2) is 59.6 Å². The number of benzene rings is 2. The lowest BCUT2D eigenvalue weighted by Gasteiger charge is -2.32. The Labute approximate surface area is 138 Å². The van der Waals surface area contributed by atoms with E-state index < -0.39 is 11.4 Å². The van der Waals surface area contributed by atoms with Gasteiger partial charge in [-0.1, -0.05) is 42.5 Å². The van der Waals surface area contributed by atoms with Gasteiger partial charge in [0.1, 0.15) is 0 Å². The van der Waals surface area contributed by atoms with E-state index in [0.29, 0.717) is 24.1 Å². The second kappa shape index (κ2) is 4.39. The molecule has 0 N–H and O–H groups in total. The van der Waals surface area contributed by atoms with Crippen molar-refractivity contribution in [3.63, 3.8) is 0 Å². The second-order valence-electron chi connectivity index (χ2n) is 6.28. The molecule has 0 saturated carbocycles. The standard InChI is InChI=1S/C19H14N2O3/c22-16-10-11-19-20-12-18(24-19,13-6-2-1-3-7-13)17(23)14-8-4-5-9-15(14)21(16)19/h1-9,12H,10-11H2/t18-,19-/m1/s1. The molecule has 2 bridgehead atoms. The summed E-state index contributed by atoms with van der Waals surface area (Å²) in [6.07, 6.45) is 2.37. The Bertz CT molecular complexity index is 908. The Morgan fingerprint density at radius 1 is 1.00 bits per heavy atom. The molecule has 3 heterocycles. The molecule has 1 spiro atoms. The first kappa shape index (κ1) is 13.6. The topological polar surface area (TPSA) is 59.0 Å². The highest BCUT2D eigenvalue weighted by molar-refractivity contribution is 6.19. The van der Waals surface area contributed by atoms with Crippen molar-refractivity contribution < 1.29 is 14.3 Å². The van der Waals surface area contributed by atoms with Crippen molar-refractivity contribution in [3.05, 3.63) is 65.7 Å². The fourth-order valence-electron chi connectivity index (χ4n) is 3.85. The maximum Gasteiger partial charge on any atom is 0.247 e. The molecule has 0 unspecified atom stereocenters. The number of aliphatic imine (C=N–C) groups is 1. The summed E-state index contributed by atoms with van der Waals surface area (Å²) in [5, 5.41) is 0. The lowest BCUT2D eigenvalue weighted by atomic mass is 9.86. The van der Waals surface area contributed by atoms with E-state index in [9.17, 15) is 9.59 Å². The summed E-state index contributed by atoms with van der Waals surface area (Å²) in [5.74, 6) is -1.37. The number of carbonyl (C=O) groups is 2. The first-order chi connectivity index (χ1) is 11.7. The van der Waals surface area contributed by atoms with Crippen LogP contribution in [0.3, 0.4) is 0 Å². The van der Waals surface area contributed by atoms with Gasteiger partial charge in [0.2, 0.25) is 17.5 Å². The Morgan fingerprint density at radius 2 is 1.75 bits per heavy atom. The molecule has 5 rings (SSSR count). The number of anilines is 1. The molecule has 3 aliphatic rings. The van der Waals surface area contributed by atoms with Crippen LogP contribution in [0, 0.1) is 0 Å². The predicted molar refractivity (Wildman–Crippen MR) is 87.9 cm³/mol. The van der Waals surface area contributed by atoms with Gasteiger partial charge in [-0.05, 0) is 17.7 Å². The maximum absolute atomic E-state index is 13.4. The number of rotatable bonds is 1.